The van der Waals surface area contributed by atoms with E-state index in [0.29, 0.717) is 16.1 Å². The van der Waals surface area contributed by atoms with E-state index < -0.39 is 20.0 Å². The molecule has 0 amide bonds. The molecule has 0 bridgehead atoms. The molecule has 0 saturated heterocycles. The average Bonchev–Trinajstić information content (AvgIpc) is 2.75. The minimum absolute atomic E-state index is 0.00385. The maximum absolute atomic E-state index is 12.7. The van der Waals surface area contributed by atoms with Gasteiger partial charge in [-0.3, -0.25) is 0 Å². The van der Waals surface area contributed by atoms with Crippen molar-refractivity contribution in [2.24, 2.45) is 10.2 Å². The number of hydrogen-bond acceptors (Lipinski definition) is 6. The van der Waals surface area contributed by atoms with Crippen molar-refractivity contribution in [1.29, 1.82) is 0 Å². The van der Waals surface area contributed by atoms with Crippen LogP contribution in [0, 0.1) is 6.92 Å². The van der Waals surface area contributed by atoms with E-state index >= 15 is 0 Å². The molecule has 0 aliphatic carbocycles. The van der Waals surface area contributed by atoms with Gasteiger partial charge in [-0.2, -0.15) is 18.4 Å². The number of hydrazone groups is 1. The summed E-state index contributed by atoms with van der Waals surface area (Å²) in [5.41, 5.74) is 0.880. The van der Waals surface area contributed by atoms with E-state index in [-0.39, 0.29) is 29.8 Å². The van der Waals surface area contributed by atoms with Gasteiger partial charge in [0.25, 0.3) is 10.0 Å². The van der Waals surface area contributed by atoms with E-state index in [1.54, 1.807) is 31.2 Å². The molecule has 0 aliphatic heterocycles. The molecular weight excluding hydrogens is 549 g/mol. The Labute approximate surface area is 211 Å². The first-order chi connectivity index (χ1) is 15.4. The summed E-state index contributed by atoms with van der Waals surface area (Å²) in [5, 5.41) is 10.3. The largest absolute Gasteiger partial charge is 0.276 e. The van der Waals surface area contributed by atoms with Gasteiger partial charge in [-0.15, -0.1) is 0 Å². The zero-order valence-electron chi connectivity index (χ0n) is 16.8. The Balaban J connectivity index is 2.12. The summed E-state index contributed by atoms with van der Waals surface area (Å²) in [7, 11) is -8.13. The van der Waals surface area contributed by atoms with Gasteiger partial charge < -0.3 is 0 Å². The number of aryl methyl sites for hydroxylation is 1. The SMILES string of the molecule is Cc1cc(S(N)(=O)=O)c(S/C(=N\NS(=O)(=O)c2ccccc2)c2ccc(Cl)c(Cl)c2)cc1Cl. The van der Waals surface area contributed by atoms with Gasteiger partial charge in [0, 0.05) is 15.5 Å². The van der Waals surface area contributed by atoms with E-state index in [4.69, 9.17) is 39.9 Å². The molecule has 0 atom stereocenters. The lowest BCUT2D eigenvalue weighted by Crippen LogP contribution is -2.20. The second kappa shape index (κ2) is 10.2. The number of nitrogens with one attached hydrogen (secondary N) is 1. The summed E-state index contributed by atoms with van der Waals surface area (Å²) in [6.07, 6.45) is 0. The third-order valence-corrected chi connectivity index (χ3v) is 8.75. The highest BCUT2D eigenvalue weighted by Crippen LogP contribution is 2.35. The Hall–Kier alpha value is -1.79. The van der Waals surface area contributed by atoms with Crippen LogP contribution in [-0.2, 0) is 20.0 Å². The summed E-state index contributed by atoms with van der Waals surface area (Å²) >= 11 is 19.2. The monoisotopic (exact) mass is 563 g/mol. The van der Waals surface area contributed by atoms with Crippen LogP contribution < -0.4 is 9.97 Å². The van der Waals surface area contributed by atoms with E-state index in [1.807, 2.05) is 0 Å². The highest BCUT2D eigenvalue weighted by atomic mass is 35.5. The molecule has 0 heterocycles. The fourth-order valence-corrected chi connectivity index (χ4v) is 6.02. The van der Waals surface area contributed by atoms with Crippen LogP contribution in [0.25, 0.3) is 0 Å². The first-order valence-corrected chi connectivity index (χ1v) is 14.0. The van der Waals surface area contributed by atoms with Crippen molar-refractivity contribution in [3.63, 3.8) is 0 Å². The van der Waals surface area contributed by atoms with Crippen molar-refractivity contribution in [2.75, 3.05) is 0 Å². The number of halogens is 3. The lowest BCUT2D eigenvalue weighted by Gasteiger charge is -2.13. The van der Waals surface area contributed by atoms with Gasteiger partial charge in [0.05, 0.1) is 19.8 Å². The summed E-state index contributed by atoms with van der Waals surface area (Å²) in [6.45, 7) is 1.63. The van der Waals surface area contributed by atoms with E-state index in [2.05, 4.69) is 9.93 Å². The summed E-state index contributed by atoms with van der Waals surface area (Å²) < 4.78 is 49.6. The fraction of sp³-hybridized carbons (Fsp3) is 0.0500. The molecule has 3 aromatic carbocycles. The van der Waals surface area contributed by atoms with Crippen LogP contribution in [-0.4, -0.2) is 21.9 Å². The number of hydrogen-bond donors (Lipinski definition) is 2. The Morgan fingerprint density at radius 2 is 1.58 bits per heavy atom. The normalized spacial score (nSPS) is 12.6. The maximum Gasteiger partial charge on any atom is 0.276 e. The van der Waals surface area contributed by atoms with Crippen LogP contribution in [0.5, 0.6) is 0 Å². The van der Waals surface area contributed by atoms with Gasteiger partial charge in [-0.05, 0) is 48.9 Å². The summed E-state index contributed by atoms with van der Waals surface area (Å²) in [4.78, 5) is 2.12. The predicted octanol–water partition coefficient (Wildman–Crippen LogP) is 5.04. The van der Waals surface area contributed by atoms with Crippen molar-refractivity contribution in [2.45, 2.75) is 21.6 Å². The number of thioether (sulfide) groups is 1. The number of primary sulfonamides is 1. The zero-order valence-corrected chi connectivity index (χ0v) is 21.5. The first-order valence-electron chi connectivity index (χ1n) is 8.99. The molecule has 0 unspecified atom stereocenters. The predicted molar refractivity (Wildman–Crippen MR) is 133 cm³/mol. The molecule has 0 aliphatic rings. The summed E-state index contributed by atoms with van der Waals surface area (Å²) in [5.74, 6) is 0. The van der Waals surface area contributed by atoms with Gasteiger partial charge in [0.1, 0.15) is 5.04 Å². The topological polar surface area (TPSA) is 119 Å². The Kier molecular flexibility index (Phi) is 8.00. The lowest BCUT2D eigenvalue weighted by atomic mass is 10.2. The molecule has 0 spiro atoms. The van der Waals surface area contributed by atoms with Gasteiger partial charge in [0.2, 0.25) is 10.0 Å². The fourth-order valence-electron chi connectivity index (χ4n) is 2.57. The third-order valence-electron chi connectivity index (χ3n) is 4.23. The van der Waals surface area contributed by atoms with Crippen LogP contribution in [0.15, 0.2) is 80.5 Å². The number of nitrogens with two attached hydrogens (primary N) is 1. The van der Waals surface area contributed by atoms with Crippen molar-refractivity contribution in [3.8, 4) is 0 Å². The van der Waals surface area contributed by atoms with Crippen LogP contribution in [0.2, 0.25) is 15.1 Å². The molecule has 3 aromatic rings. The minimum atomic E-state index is -4.12. The molecule has 0 saturated carbocycles. The average molecular weight is 565 g/mol. The molecule has 3 N–H and O–H groups in total. The Bertz CT molecular complexity index is 1450. The van der Waals surface area contributed by atoms with E-state index in [0.717, 1.165) is 11.8 Å². The third kappa shape index (κ3) is 6.42. The van der Waals surface area contributed by atoms with Crippen molar-refractivity contribution in [1.82, 2.24) is 4.83 Å². The molecule has 0 radical (unpaired) electrons. The Morgan fingerprint density at radius 1 is 0.909 bits per heavy atom. The zero-order chi connectivity index (χ0) is 24.4. The molecule has 7 nitrogen and oxygen atoms in total. The molecule has 13 heteroatoms. The summed E-state index contributed by atoms with van der Waals surface area (Å²) in [6, 6.07) is 14.9. The van der Waals surface area contributed by atoms with Crippen LogP contribution >= 0.6 is 46.6 Å². The van der Waals surface area contributed by atoms with Crippen molar-refractivity contribution in [3.05, 3.63) is 86.9 Å². The first kappa shape index (κ1) is 25.8. The van der Waals surface area contributed by atoms with Crippen LogP contribution in [0.1, 0.15) is 11.1 Å². The molecule has 174 valence electrons. The second-order valence-electron chi connectivity index (χ2n) is 6.65. The van der Waals surface area contributed by atoms with Gasteiger partial charge in [-0.25, -0.2) is 13.6 Å². The lowest BCUT2D eigenvalue weighted by molar-refractivity contribution is 0.584. The standard InChI is InChI=1S/C20H16Cl3N3O4S3/c1-12-9-19(32(24,27)28)18(11-16(12)22)31-20(13-7-8-15(21)17(23)10-13)25-26-33(29,30)14-5-3-2-4-6-14/h2-11,26H,1H3,(H2,24,27,28)/b25-20-. The Morgan fingerprint density at radius 3 is 2.18 bits per heavy atom. The van der Waals surface area contributed by atoms with E-state index in [9.17, 15) is 16.8 Å². The highest BCUT2D eigenvalue weighted by molar-refractivity contribution is 8.14. The molecule has 3 rings (SSSR count). The quantitative estimate of drug-likeness (QED) is 0.188. The smallest absolute Gasteiger partial charge is 0.225 e. The van der Waals surface area contributed by atoms with Crippen LogP contribution in [0.4, 0.5) is 0 Å². The van der Waals surface area contributed by atoms with Gasteiger partial charge in [-0.1, -0.05) is 70.8 Å². The highest BCUT2D eigenvalue weighted by Gasteiger charge is 2.21. The molecule has 0 aromatic heterocycles. The van der Waals surface area contributed by atoms with Crippen molar-refractivity contribution >= 4 is 71.7 Å². The molecule has 33 heavy (non-hydrogen) atoms. The number of rotatable bonds is 6. The van der Waals surface area contributed by atoms with Gasteiger partial charge >= 0.3 is 0 Å². The van der Waals surface area contributed by atoms with Gasteiger partial charge in [0.15, 0.2) is 0 Å². The van der Waals surface area contributed by atoms with E-state index in [1.165, 1.54) is 36.4 Å². The van der Waals surface area contributed by atoms with Crippen LogP contribution in [0.3, 0.4) is 0 Å². The maximum atomic E-state index is 12.7. The molecule has 0 fully saturated rings. The second-order valence-corrected chi connectivity index (χ2v) is 12.1. The molecular formula is C20H16Cl3N3O4S3. The minimum Gasteiger partial charge on any atom is -0.225 e. The van der Waals surface area contributed by atoms with Crippen molar-refractivity contribution < 1.29 is 16.8 Å². The number of sulfonamides is 2. The number of nitrogens with zero attached hydrogens (tertiary/aromatic N) is 1. The number of benzene rings is 3.